The molecule has 0 saturated heterocycles. The molecule has 0 saturated carbocycles. The van der Waals surface area contributed by atoms with Gasteiger partial charge in [0, 0.05) is 0 Å². The van der Waals surface area contributed by atoms with E-state index in [0.717, 1.165) is 12.4 Å². The molecule has 0 amide bonds. The number of rotatable bonds is 4. The lowest BCUT2D eigenvalue weighted by Crippen LogP contribution is -2.04. The van der Waals surface area contributed by atoms with E-state index in [0.29, 0.717) is 0 Å². The highest BCUT2D eigenvalue weighted by Crippen LogP contribution is 2.14. The average molecular weight is 302 g/mol. The molecule has 3 rings (SSSR count). The summed E-state index contributed by atoms with van der Waals surface area (Å²) >= 11 is 0. The van der Waals surface area contributed by atoms with Crippen LogP contribution < -0.4 is 0 Å². The van der Waals surface area contributed by atoms with Gasteiger partial charge in [-0.15, -0.1) is 0 Å². The minimum atomic E-state index is -0.586. The highest BCUT2D eigenvalue weighted by atomic mass is 16.6. The number of nitrogens with zero attached hydrogens (tertiary/aromatic N) is 8. The maximum absolute atomic E-state index is 10.6. The third kappa shape index (κ3) is 2.35. The quantitative estimate of drug-likeness (QED) is 0.504. The Morgan fingerprint density at radius 3 is 1.64 bits per heavy atom. The van der Waals surface area contributed by atoms with Gasteiger partial charge in [-0.1, -0.05) is 0 Å². The lowest BCUT2D eigenvalue weighted by Gasteiger charge is -2.02. The molecule has 0 unspecified atom stereocenters. The Morgan fingerprint density at radius 2 is 1.27 bits per heavy atom. The summed E-state index contributed by atoms with van der Waals surface area (Å²) in [6.45, 7) is 0. The summed E-state index contributed by atoms with van der Waals surface area (Å²) in [6.07, 6.45) is 7.20. The first-order valence-corrected chi connectivity index (χ1v) is 5.75. The molecular formula is C10H6N8O4. The first kappa shape index (κ1) is 13.3. The zero-order valence-electron chi connectivity index (χ0n) is 10.7. The second kappa shape index (κ2) is 5.01. The monoisotopic (exact) mass is 302 g/mol. The Balaban J connectivity index is 1.97. The Bertz CT molecular complexity index is 802. The first-order chi connectivity index (χ1) is 10.5. The highest BCUT2D eigenvalue weighted by molar-refractivity contribution is 5.32. The summed E-state index contributed by atoms with van der Waals surface area (Å²) in [6, 6.07) is 0. The van der Waals surface area contributed by atoms with Crippen LogP contribution in [-0.4, -0.2) is 39.4 Å². The van der Waals surface area contributed by atoms with Crippen LogP contribution in [0.5, 0.6) is 0 Å². The highest BCUT2D eigenvalue weighted by Gasteiger charge is 2.14. The molecule has 0 bridgehead atoms. The van der Waals surface area contributed by atoms with Gasteiger partial charge >= 0.3 is 11.4 Å². The molecule has 110 valence electrons. The van der Waals surface area contributed by atoms with E-state index < -0.39 is 9.85 Å². The van der Waals surface area contributed by atoms with E-state index in [-0.39, 0.29) is 23.0 Å². The molecule has 0 radical (unpaired) electrons. The molecule has 22 heavy (non-hydrogen) atoms. The molecule has 0 aliphatic carbocycles. The molecule has 0 aliphatic heterocycles. The lowest BCUT2D eigenvalue weighted by molar-refractivity contribution is -0.385. The van der Waals surface area contributed by atoms with Crippen molar-refractivity contribution in [2.75, 3.05) is 0 Å². The van der Waals surface area contributed by atoms with Crippen molar-refractivity contribution in [3.05, 3.63) is 57.4 Å². The third-order valence-corrected chi connectivity index (χ3v) is 2.64. The van der Waals surface area contributed by atoms with Gasteiger partial charge in [0.25, 0.3) is 0 Å². The fraction of sp³-hybridized carbons (Fsp3) is 0. The van der Waals surface area contributed by atoms with Crippen molar-refractivity contribution in [1.29, 1.82) is 0 Å². The number of aromatic nitrogens is 6. The SMILES string of the molecule is O=[N+]([O-])c1cnn(-c2cncc(-n3cc([N+](=O)[O-])cn3)n2)c1. The fourth-order valence-electron chi connectivity index (χ4n) is 1.63. The van der Waals surface area contributed by atoms with Crippen molar-refractivity contribution in [2.45, 2.75) is 0 Å². The van der Waals surface area contributed by atoms with Crippen molar-refractivity contribution < 1.29 is 9.85 Å². The lowest BCUT2D eigenvalue weighted by atomic mass is 10.5. The molecule has 0 spiro atoms. The van der Waals surface area contributed by atoms with Gasteiger partial charge in [0.05, 0.1) is 22.2 Å². The molecule has 0 aliphatic rings. The van der Waals surface area contributed by atoms with Crippen LogP contribution in [0.2, 0.25) is 0 Å². The Morgan fingerprint density at radius 1 is 0.818 bits per heavy atom. The predicted octanol–water partition coefficient (Wildman–Crippen LogP) is 0.664. The topological polar surface area (TPSA) is 148 Å². The normalized spacial score (nSPS) is 10.5. The van der Waals surface area contributed by atoms with E-state index in [9.17, 15) is 20.2 Å². The molecule has 0 aromatic carbocycles. The molecule has 0 N–H and O–H groups in total. The summed E-state index contributed by atoms with van der Waals surface area (Å²) in [4.78, 5) is 28.2. The molecule has 3 aromatic heterocycles. The number of nitro groups is 2. The largest absolute Gasteiger partial charge is 0.307 e. The summed E-state index contributed by atoms with van der Waals surface area (Å²) in [5.41, 5.74) is -0.385. The minimum absolute atomic E-state index is 0.193. The van der Waals surface area contributed by atoms with Crippen molar-refractivity contribution in [3.8, 4) is 11.6 Å². The Labute approximate surface area is 121 Å². The average Bonchev–Trinajstić information content (AvgIpc) is 3.17. The van der Waals surface area contributed by atoms with Crippen LogP contribution in [0.3, 0.4) is 0 Å². The van der Waals surface area contributed by atoms with Gasteiger partial charge in [-0.05, 0) is 0 Å². The molecule has 12 heteroatoms. The number of hydrogen-bond acceptors (Lipinski definition) is 8. The summed E-state index contributed by atoms with van der Waals surface area (Å²) < 4.78 is 2.35. The van der Waals surface area contributed by atoms with E-state index in [4.69, 9.17) is 0 Å². The summed E-state index contributed by atoms with van der Waals surface area (Å²) in [5.74, 6) is 0.424. The van der Waals surface area contributed by atoms with Crippen LogP contribution in [0.25, 0.3) is 11.6 Å². The van der Waals surface area contributed by atoms with E-state index >= 15 is 0 Å². The Kier molecular flexibility index (Phi) is 3.02. The van der Waals surface area contributed by atoms with Gasteiger partial charge < -0.3 is 0 Å². The standard InChI is InChI=1S/C10H6N8O4/c19-17(20)7-1-12-15(5-7)9-3-11-4-10(14-9)16-6-8(2-13-16)18(21)22/h1-6H. The molecular weight excluding hydrogens is 296 g/mol. The zero-order valence-corrected chi connectivity index (χ0v) is 10.7. The van der Waals surface area contributed by atoms with Crippen LogP contribution >= 0.6 is 0 Å². The van der Waals surface area contributed by atoms with Gasteiger partial charge in [-0.2, -0.15) is 10.2 Å². The van der Waals surface area contributed by atoms with E-state index in [1.807, 2.05) is 0 Å². The second-order valence-electron chi connectivity index (χ2n) is 4.04. The van der Waals surface area contributed by atoms with Crippen LogP contribution in [0.4, 0.5) is 11.4 Å². The maximum Gasteiger partial charge on any atom is 0.307 e. The molecule has 3 aromatic rings. The molecule has 0 fully saturated rings. The molecule has 0 atom stereocenters. The van der Waals surface area contributed by atoms with Gasteiger partial charge in [-0.3, -0.25) is 25.2 Å². The fourth-order valence-corrected chi connectivity index (χ4v) is 1.63. The van der Waals surface area contributed by atoms with Crippen LogP contribution in [0.15, 0.2) is 37.2 Å². The summed E-state index contributed by atoms with van der Waals surface area (Å²) in [7, 11) is 0. The van der Waals surface area contributed by atoms with E-state index in [2.05, 4.69) is 20.2 Å². The second-order valence-corrected chi connectivity index (χ2v) is 4.04. The van der Waals surface area contributed by atoms with E-state index in [1.54, 1.807) is 0 Å². The van der Waals surface area contributed by atoms with E-state index in [1.165, 1.54) is 34.2 Å². The third-order valence-electron chi connectivity index (χ3n) is 2.64. The number of hydrogen-bond donors (Lipinski definition) is 0. The summed E-state index contributed by atoms with van der Waals surface area (Å²) in [5, 5.41) is 28.9. The first-order valence-electron chi connectivity index (χ1n) is 5.75. The molecule has 12 nitrogen and oxygen atoms in total. The minimum Gasteiger partial charge on any atom is -0.258 e. The van der Waals surface area contributed by atoms with Crippen molar-refractivity contribution in [2.24, 2.45) is 0 Å². The van der Waals surface area contributed by atoms with Gasteiger partial charge in [0.15, 0.2) is 11.6 Å². The van der Waals surface area contributed by atoms with Crippen molar-refractivity contribution >= 4 is 11.4 Å². The van der Waals surface area contributed by atoms with Crippen LogP contribution in [0.1, 0.15) is 0 Å². The van der Waals surface area contributed by atoms with Gasteiger partial charge in [0.2, 0.25) is 0 Å². The van der Waals surface area contributed by atoms with Crippen molar-refractivity contribution in [1.82, 2.24) is 29.5 Å². The molecule has 3 heterocycles. The smallest absolute Gasteiger partial charge is 0.258 e. The zero-order chi connectivity index (χ0) is 15.7. The van der Waals surface area contributed by atoms with Gasteiger partial charge in [0.1, 0.15) is 24.8 Å². The van der Waals surface area contributed by atoms with Crippen LogP contribution in [-0.2, 0) is 0 Å². The predicted molar refractivity (Wildman–Crippen MR) is 69.6 cm³/mol. The van der Waals surface area contributed by atoms with Crippen LogP contribution in [0, 0.1) is 20.2 Å². The van der Waals surface area contributed by atoms with Crippen molar-refractivity contribution in [3.63, 3.8) is 0 Å². The maximum atomic E-state index is 10.6. The Hall–Kier alpha value is -3.70. The van der Waals surface area contributed by atoms with Gasteiger partial charge in [-0.25, -0.2) is 14.3 Å².